The Labute approximate surface area is 162 Å². The van der Waals surface area contributed by atoms with Crippen LogP contribution in [0.3, 0.4) is 0 Å². The first-order chi connectivity index (χ1) is 10.00. The number of hydrogen-bond acceptors (Lipinski definition) is 4. The second-order valence-electron chi connectivity index (χ2n) is 4.63. The summed E-state index contributed by atoms with van der Waals surface area (Å²) in [5.41, 5.74) is 1.97. The molecule has 1 radical (unpaired) electrons. The second-order valence-corrected chi connectivity index (χ2v) is 7.59. The van der Waals surface area contributed by atoms with E-state index in [1.165, 1.54) is 24.3 Å². The van der Waals surface area contributed by atoms with Crippen LogP contribution in [-0.2, 0) is 52.8 Å². The third kappa shape index (κ3) is 8.14. The van der Waals surface area contributed by atoms with Gasteiger partial charge < -0.3 is 10.3 Å². The normalized spacial score (nSPS) is 11.0. The Kier molecular flexibility index (Phi) is 8.76. The van der Waals surface area contributed by atoms with Crippen molar-refractivity contribution < 1.29 is 49.5 Å². The molecule has 0 bridgehead atoms. The molecule has 0 saturated carbocycles. The number of sulfonamides is 2. The van der Waals surface area contributed by atoms with Gasteiger partial charge in [-0.2, -0.15) is 0 Å². The van der Waals surface area contributed by atoms with Gasteiger partial charge in [0.2, 0.25) is 0 Å². The fraction of sp³-hybridized carbons (Fsp3) is 0.143. The van der Waals surface area contributed by atoms with Gasteiger partial charge in [0.15, 0.2) is 0 Å². The minimum Gasteiger partial charge on any atom is -0.560 e. The van der Waals surface area contributed by atoms with Crippen molar-refractivity contribution in [3.05, 3.63) is 69.9 Å². The number of rotatable bonds is 2. The van der Waals surface area contributed by atoms with Gasteiger partial charge in [-0.05, 0) is 38.1 Å². The SMILES string of the molecule is Cc1ccc(S([NH-])(=O)=O)cc1.Cc1ccc(S([NH-])(=O)=O)cc1.[Y]. The number of aryl methyl sites for hydroxylation is 2. The monoisotopic (exact) mass is 429 g/mol. The van der Waals surface area contributed by atoms with Crippen LogP contribution in [0.4, 0.5) is 0 Å². The molecule has 6 nitrogen and oxygen atoms in total. The van der Waals surface area contributed by atoms with E-state index in [0.717, 1.165) is 11.1 Å². The minimum atomic E-state index is -3.77. The standard InChI is InChI=1S/2C7H8NO2S.Y/c2*1-6-2-4-7(5-3-6)11(8,9)10;/h2*2-5H,1H3,(H-,8,9,10);/q2*-1;. The Hall–Kier alpha value is -0.636. The zero-order valence-electron chi connectivity index (χ0n) is 12.6. The largest absolute Gasteiger partial charge is 0.560 e. The molecule has 0 aliphatic heterocycles. The average molecular weight is 429 g/mol. The molecule has 23 heavy (non-hydrogen) atoms. The van der Waals surface area contributed by atoms with E-state index in [4.69, 9.17) is 10.3 Å². The molecule has 0 spiro atoms. The van der Waals surface area contributed by atoms with Gasteiger partial charge in [0.1, 0.15) is 0 Å². The molecular weight excluding hydrogens is 413 g/mol. The third-order valence-electron chi connectivity index (χ3n) is 2.66. The van der Waals surface area contributed by atoms with Gasteiger partial charge in [0, 0.05) is 42.5 Å². The Balaban J connectivity index is 0.000000403. The number of hydrogen-bond donors (Lipinski definition) is 0. The van der Waals surface area contributed by atoms with Gasteiger partial charge in [-0.15, -0.1) is 0 Å². The van der Waals surface area contributed by atoms with Crippen LogP contribution in [0.15, 0.2) is 58.3 Å². The van der Waals surface area contributed by atoms with Crippen LogP contribution in [0.25, 0.3) is 10.3 Å². The van der Waals surface area contributed by atoms with Crippen LogP contribution in [0, 0.1) is 13.8 Å². The average Bonchev–Trinajstić information content (AvgIpc) is 2.38. The van der Waals surface area contributed by atoms with Gasteiger partial charge in [0.05, 0.1) is 20.0 Å². The van der Waals surface area contributed by atoms with E-state index in [1.807, 2.05) is 13.8 Å². The van der Waals surface area contributed by atoms with Gasteiger partial charge in [-0.25, -0.2) is 16.8 Å². The molecular formula is C14H16N2O4S2Y-2. The Bertz CT molecular complexity index is 758. The van der Waals surface area contributed by atoms with Crippen LogP contribution in [0.2, 0.25) is 0 Å². The van der Waals surface area contributed by atoms with E-state index in [1.54, 1.807) is 24.3 Å². The molecule has 0 fully saturated rings. The second kappa shape index (κ2) is 9.01. The van der Waals surface area contributed by atoms with Crippen LogP contribution in [0.5, 0.6) is 0 Å². The maximum atomic E-state index is 10.6. The number of benzene rings is 2. The zero-order chi connectivity index (χ0) is 17.0. The van der Waals surface area contributed by atoms with E-state index in [-0.39, 0.29) is 42.5 Å². The maximum Gasteiger partial charge on any atom is 0.0987 e. The van der Waals surface area contributed by atoms with E-state index < -0.39 is 20.0 Å². The first-order valence-corrected chi connectivity index (χ1v) is 9.09. The molecule has 0 aromatic heterocycles. The summed E-state index contributed by atoms with van der Waals surface area (Å²) < 4.78 is 42.4. The van der Waals surface area contributed by atoms with Crippen molar-refractivity contribution >= 4 is 20.0 Å². The molecule has 9 heteroatoms. The molecule has 0 heterocycles. The topological polar surface area (TPSA) is 116 Å². The van der Waals surface area contributed by atoms with Crippen LogP contribution >= 0.6 is 0 Å². The van der Waals surface area contributed by atoms with E-state index >= 15 is 0 Å². The van der Waals surface area contributed by atoms with Gasteiger partial charge in [0.25, 0.3) is 0 Å². The minimum absolute atomic E-state index is 0. The van der Waals surface area contributed by atoms with Crippen LogP contribution < -0.4 is 0 Å². The first-order valence-electron chi connectivity index (χ1n) is 6.13. The Morgan fingerprint density at radius 2 is 0.826 bits per heavy atom. The molecule has 0 amide bonds. The summed E-state index contributed by atoms with van der Waals surface area (Å²) >= 11 is 0. The van der Waals surface area contributed by atoms with Gasteiger partial charge in [-0.3, -0.25) is 0 Å². The number of nitrogens with one attached hydrogen (secondary N) is 2. The van der Waals surface area contributed by atoms with Crippen molar-refractivity contribution in [3.8, 4) is 0 Å². The summed E-state index contributed by atoms with van der Waals surface area (Å²) in [6, 6.07) is 12.4. The van der Waals surface area contributed by atoms with E-state index in [2.05, 4.69) is 0 Å². The van der Waals surface area contributed by atoms with Crippen LogP contribution in [0.1, 0.15) is 11.1 Å². The molecule has 2 N–H and O–H groups in total. The summed E-state index contributed by atoms with van der Waals surface area (Å²) in [6.07, 6.45) is 0. The fourth-order valence-electron chi connectivity index (χ4n) is 1.43. The summed E-state index contributed by atoms with van der Waals surface area (Å²) in [6.45, 7) is 3.72. The van der Waals surface area contributed by atoms with Crippen molar-refractivity contribution in [2.24, 2.45) is 0 Å². The smallest absolute Gasteiger partial charge is 0.0987 e. The maximum absolute atomic E-state index is 10.6. The van der Waals surface area contributed by atoms with Crippen molar-refractivity contribution in [1.82, 2.24) is 0 Å². The molecule has 0 saturated heterocycles. The fourth-order valence-corrected chi connectivity index (χ4v) is 2.42. The predicted molar refractivity (Wildman–Crippen MR) is 85.4 cm³/mol. The summed E-state index contributed by atoms with van der Waals surface area (Å²) in [7, 11) is -7.54. The van der Waals surface area contributed by atoms with Crippen LogP contribution in [-0.4, -0.2) is 16.8 Å². The molecule has 2 aromatic rings. The Morgan fingerprint density at radius 3 is 1.00 bits per heavy atom. The molecule has 0 aliphatic carbocycles. The summed E-state index contributed by atoms with van der Waals surface area (Å²) in [5.74, 6) is 0. The third-order valence-corrected chi connectivity index (χ3v) is 4.45. The molecule has 0 aliphatic rings. The van der Waals surface area contributed by atoms with Gasteiger partial charge in [-0.1, -0.05) is 35.4 Å². The Morgan fingerprint density at radius 1 is 0.609 bits per heavy atom. The van der Waals surface area contributed by atoms with Gasteiger partial charge >= 0.3 is 0 Å². The molecule has 2 aromatic carbocycles. The molecule has 2 rings (SSSR count). The van der Waals surface area contributed by atoms with E-state index in [0.29, 0.717) is 0 Å². The zero-order valence-corrected chi connectivity index (χ0v) is 17.1. The predicted octanol–water partition coefficient (Wildman–Crippen LogP) is 3.47. The van der Waals surface area contributed by atoms with Crippen molar-refractivity contribution in [2.75, 3.05) is 0 Å². The van der Waals surface area contributed by atoms with Crippen molar-refractivity contribution in [1.29, 1.82) is 0 Å². The van der Waals surface area contributed by atoms with E-state index in [9.17, 15) is 16.8 Å². The molecule has 123 valence electrons. The first kappa shape index (κ1) is 22.4. The van der Waals surface area contributed by atoms with Crippen molar-refractivity contribution in [3.63, 3.8) is 0 Å². The molecule has 0 unspecified atom stereocenters. The van der Waals surface area contributed by atoms with Crippen molar-refractivity contribution in [2.45, 2.75) is 23.6 Å². The quantitative estimate of drug-likeness (QED) is 0.727. The summed E-state index contributed by atoms with van der Waals surface area (Å²) in [5, 5.41) is 13.4. The molecule has 0 atom stereocenters. The summed E-state index contributed by atoms with van der Waals surface area (Å²) in [4.78, 5) is 0.0891.